The molecule has 0 aliphatic heterocycles. The Morgan fingerprint density at radius 3 is 1.59 bits per heavy atom. The third-order valence-corrected chi connectivity index (χ3v) is 5.38. The van der Waals surface area contributed by atoms with Crippen LogP contribution in [0.2, 0.25) is 0 Å². The molecule has 0 aliphatic carbocycles. The van der Waals surface area contributed by atoms with Crippen LogP contribution in [0.4, 0.5) is 0 Å². The molecule has 0 bridgehead atoms. The van der Waals surface area contributed by atoms with E-state index >= 15 is 0 Å². The molecular weight excluding hydrogens is 404 g/mol. The van der Waals surface area contributed by atoms with E-state index in [0.29, 0.717) is 19.4 Å². The third-order valence-electron chi connectivity index (χ3n) is 5.38. The molecule has 0 atom stereocenters. The van der Waals surface area contributed by atoms with E-state index in [2.05, 4.69) is 0 Å². The summed E-state index contributed by atoms with van der Waals surface area (Å²) in [5.74, 6) is -3.50. The van der Waals surface area contributed by atoms with Gasteiger partial charge in [0.05, 0.1) is 6.61 Å². The van der Waals surface area contributed by atoms with Crippen molar-refractivity contribution in [2.24, 2.45) is 0 Å². The van der Waals surface area contributed by atoms with Gasteiger partial charge in [0.25, 0.3) is 5.79 Å². The Bertz CT molecular complexity index is 858. The quantitative estimate of drug-likeness (QED) is 0.202. The average molecular weight is 435 g/mol. The fourth-order valence-electron chi connectivity index (χ4n) is 3.82. The van der Waals surface area contributed by atoms with Gasteiger partial charge in [0.2, 0.25) is 0 Å². The Morgan fingerprint density at radius 2 is 1.19 bits per heavy atom. The summed E-state index contributed by atoms with van der Waals surface area (Å²) in [6.07, 6.45) is 0.807. The van der Waals surface area contributed by atoms with E-state index < -0.39 is 17.4 Å². The first kappa shape index (κ1) is 23.7. The third kappa shape index (κ3) is 5.43. The monoisotopic (exact) mass is 434 g/mol. The molecule has 0 aliphatic rings. The molecule has 168 valence electrons. The van der Waals surface area contributed by atoms with Gasteiger partial charge in [-0.15, -0.1) is 0 Å². The number of esters is 1. The number of carbonyl (C=O) groups excluding carboxylic acids is 1. The molecule has 0 aromatic heterocycles. The Morgan fingerprint density at radius 1 is 0.750 bits per heavy atom. The second kappa shape index (κ2) is 11.0. The maximum Gasteiger partial charge on any atom is 0.366 e. The van der Waals surface area contributed by atoms with Crippen molar-refractivity contribution < 1.29 is 24.5 Å². The van der Waals surface area contributed by atoms with E-state index in [4.69, 9.17) is 9.47 Å². The number of rotatable bonds is 11. The number of aliphatic hydroxyl groups is 2. The zero-order valence-electron chi connectivity index (χ0n) is 18.3. The van der Waals surface area contributed by atoms with Gasteiger partial charge in [0.15, 0.2) is 0 Å². The second-order valence-corrected chi connectivity index (χ2v) is 7.62. The highest BCUT2D eigenvalue weighted by Gasteiger charge is 2.38. The summed E-state index contributed by atoms with van der Waals surface area (Å²) in [6, 6.07) is 30.2. The highest BCUT2D eigenvalue weighted by atomic mass is 16.6. The van der Waals surface area contributed by atoms with Crippen LogP contribution in [0.5, 0.6) is 0 Å². The molecule has 0 amide bonds. The SMILES string of the molecule is CCOC(=O)C(O)(O)CCCCOC(c1ccccc1)(c1ccccc1)c1ccccc1. The first-order chi connectivity index (χ1) is 15.5. The molecule has 0 radical (unpaired) electrons. The lowest BCUT2D eigenvalue weighted by atomic mass is 9.80. The van der Waals surface area contributed by atoms with Crippen molar-refractivity contribution in [2.45, 2.75) is 37.6 Å². The van der Waals surface area contributed by atoms with Crippen molar-refractivity contribution in [3.05, 3.63) is 108 Å². The lowest BCUT2D eigenvalue weighted by Gasteiger charge is -2.36. The van der Waals surface area contributed by atoms with Crippen LogP contribution < -0.4 is 0 Å². The van der Waals surface area contributed by atoms with Crippen LogP contribution in [0.25, 0.3) is 0 Å². The van der Waals surface area contributed by atoms with Crippen molar-refractivity contribution >= 4 is 5.97 Å². The summed E-state index contributed by atoms with van der Waals surface area (Å²) < 4.78 is 11.4. The molecule has 3 rings (SSSR count). The standard InChI is InChI=1S/C27H30O5/c1-2-31-25(28)26(29,30)20-12-13-21-32-27(22-14-6-3-7-15-22,23-16-8-4-9-17-23)24-18-10-5-11-19-24/h3-11,14-19,29-30H,2,12-13,20-21H2,1H3. The van der Waals surface area contributed by atoms with Gasteiger partial charge in [-0.2, -0.15) is 0 Å². The zero-order valence-corrected chi connectivity index (χ0v) is 18.3. The van der Waals surface area contributed by atoms with Crippen LogP contribution in [0.3, 0.4) is 0 Å². The Labute approximate surface area is 189 Å². The van der Waals surface area contributed by atoms with Crippen LogP contribution in [0.15, 0.2) is 91.0 Å². The van der Waals surface area contributed by atoms with Gasteiger partial charge < -0.3 is 19.7 Å². The van der Waals surface area contributed by atoms with Crippen LogP contribution >= 0.6 is 0 Å². The molecule has 2 N–H and O–H groups in total. The highest BCUT2D eigenvalue weighted by molar-refractivity contribution is 5.77. The van der Waals surface area contributed by atoms with E-state index in [1.54, 1.807) is 6.92 Å². The molecule has 0 unspecified atom stereocenters. The molecule has 0 fully saturated rings. The van der Waals surface area contributed by atoms with Gasteiger partial charge in [-0.3, -0.25) is 0 Å². The minimum atomic E-state index is -2.48. The zero-order chi connectivity index (χ0) is 22.9. The van der Waals surface area contributed by atoms with E-state index in [9.17, 15) is 15.0 Å². The van der Waals surface area contributed by atoms with Gasteiger partial charge in [-0.05, 0) is 36.5 Å². The smallest absolute Gasteiger partial charge is 0.366 e. The molecular formula is C27H30O5. The van der Waals surface area contributed by atoms with Gasteiger partial charge in [0, 0.05) is 13.0 Å². The molecule has 0 heterocycles. The first-order valence-electron chi connectivity index (χ1n) is 10.9. The number of hydrogen-bond acceptors (Lipinski definition) is 5. The van der Waals surface area contributed by atoms with Crippen molar-refractivity contribution in [1.29, 1.82) is 0 Å². The van der Waals surface area contributed by atoms with Crippen LogP contribution in [-0.4, -0.2) is 35.2 Å². The van der Waals surface area contributed by atoms with E-state index in [0.717, 1.165) is 16.7 Å². The van der Waals surface area contributed by atoms with Crippen LogP contribution in [0, 0.1) is 0 Å². The number of ether oxygens (including phenoxy) is 2. The summed E-state index contributed by atoms with van der Waals surface area (Å²) in [5, 5.41) is 19.9. The van der Waals surface area contributed by atoms with Gasteiger partial charge in [-0.1, -0.05) is 91.0 Å². The first-order valence-corrected chi connectivity index (χ1v) is 10.9. The molecule has 3 aromatic rings. The van der Waals surface area contributed by atoms with Crippen LogP contribution in [0.1, 0.15) is 42.9 Å². The van der Waals surface area contributed by atoms with E-state index in [1.807, 2.05) is 91.0 Å². The van der Waals surface area contributed by atoms with E-state index in [-0.39, 0.29) is 13.0 Å². The maximum absolute atomic E-state index is 11.7. The molecule has 0 saturated carbocycles. The van der Waals surface area contributed by atoms with Crippen molar-refractivity contribution in [2.75, 3.05) is 13.2 Å². The predicted molar refractivity (Wildman–Crippen MR) is 123 cm³/mol. The Kier molecular flexibility index (Phi) is 8.17. The highest BCUT2D eigenvalue weighted by Crippen LogP contribution is 2.40. The summed E-state index contributed by atoms with van der Waals surface area (Å²) in [7, 11) is 0. The number of hydrogen-bond donors (Lipinski definition) is 2. The molecule has 0 spiro atoms. The fraction of sp³-hybridized carbons (Fsp3) is 0.296. The predicted octanol–water partition coefficient (Wildman–Crippen LogP) is 4.41. The minimum absolute atomic E-state index is 0.0958. The molecule has 3 aromatic carbocycles. The van der Waals surface area contributed by atoms with Gasteiger partial charge in [0.1, 0.15) is 5.60 Å². The molecule has 5 nitrogen and oxygen atoms in total. The molecule has 32 heavy (non-hydrogen) atoms. The Balaban J connectivity index is 1.84. The average Bonchev–Trinajstić information content (AvgIpc) is 2.83. The summed E-state index contributed by atoms with van der Waals surface area (Å²) in [6.45, 7) is 2.08. The van der Waals surface area contributed by atoms with Crippen molar-refractivity contribution in [3.8, 4) is 0 Å². The second-order valence-electron chi connectivity index (χ2n) is 7.62. The van der Waals surface area contributed by atoms with Crippen LogP contribution in [-0.2, 0) is 19.9 Å². The normalized spacial score (nSPS) is 11.8. The maximum atomic E-state index is 11.7. The lowest BCUT2D eigenvalue weighted by molar-refractivity contribution is -0.211. The van der Waals surface area contributed by atoms with E-state index in [1.165, 1.54) is 0 Å². The van der Waals surface area contributed by atoms with Gasteiger partial charge in [-0.25, -0.2) is 4.79 Å². The largest absolute Gasteiger partial charge is 0.462 e. The minimum Gasteiger partial charge on any atom is -0.462 e. The summed E-state index contributed by atoms with van der Waals surface area (Å²) >= 11 is 0. The summed E-state index contributed by atoms with van der Waals surface area (Å²) in [4.78, 5) is 11.7. The number of carbonyl (C=O) groups is 1. The van der Waals surface area contributed by atoms with Gasteiger partial charge >= 0.3 is 5.97 Å². The molecule has 0 saturated heterocycles. The summed E-state index contributed by atoms with van der Waals surface area (Å²) in [5.41, 5.74) is 2.19. The topological polar surface area (TPSA) is 76.0 Å². The lowest BCUT2D eigenvalue weighted by Crippen LogP contribution is -2.40. The van der Waals surface area contributed by atoms with Crippen molar-refractivity contribution in [1.82, 2.24) is 0 Å². The number of benzene rings is 3. The fourth-order valence-corrected chi connectivity index (χ4v) is 3.82. The van der Waals surface area contributed by atoms with Crippen molar-refractivity contribution in [3.63, 3.8) is 0 Å². The molecule has 5 heteroatoms. The Hall–Kier alpha value is -2.99. The number of unbranched alkanes of at least 4 members (excludes halogenated alkanes) is 1.